The van der Waals surface area contributed by atoms with Gasteiger partial charge in [-0.25, -0.2) is 9.18 Å². The highest BCUT2D eigenvalue weighted by Gasteiger charge is 2.34. The molecule has 1 atom stereocenters. The average molecular weight is 464 g/mol. The lowest BCUT2D eigenvalue weighted by molar-refractivity contribution is -0.143. The molecule has 2 N–H and O–H groups in total. The number of aromatic amines is 1. The molecule has 3 aromatic rings. The van der Waals surface area contributed by atoms with Crippen LogP contribution in [-0.2, 0) is 6.54 Å². The first kappa shape index (κ1) is 22.7. The number of alkyl halides is 3. The van der Waals surface area contributed by atoms with E-state index in [1.165, 1.54) is 21.6 Å². The summed E-state index contributed by atoms with van der Waals surface area (Å²) < 4.78 is 53.4. The van der Waals surface area contributed by atoms with Crippen LogP contribution >= 0.6 is 0 Å². The maximum Gasteiger partial charge on any atom is 0.401 e. The smallest absolute Gasteiger partial charge is 0.348 e. The lowest BCUT2D eigenvalue weighted by atomic mass is 10.1. The number of amides is 1. The Morgan fingerprint density at radius 2 is 1.91 bits per heavy atom. The van der Waals surface area contributed by atoms with Crippen molar-refractivity contribution in [1.82, 2.24) is 19.8 Å². The highest BCUT2D eigenvalue weighted by Crippen LogP contribution is 2.20. The second-order valence-corrected chi connectivity index (χ2v) is 7.99. The van der Waals surface area contributed by atoms with Crippen LogP contribution in [0.3, 0.4) is 0 Å². The number of likely N-dealkylation sites (tertiary alicyclic amines) is 1. The largest absolute Gasteiger partial charge is 0.401 e. The summed E-state index contributed by atoms with van der Waals surface area (Å²) in [4.78, 5) is 40.4. The minimum Gasteiger partial charge on any atom is -0.348 e. The van der Waals surface area contributed by atoms with Crippen LogP contribution in [0.25, 0.3) is 10.9 Å². The van der Waals surface area contributed by atoms with E-state index in [9.17, 15) is 31.9 Å². The molecule has 1 aliphatic rings. The van der Waals surface area contributed by atoms with Crippen LogP contribution in [0.15, 0.2) is 52.1 Å². The molecule has 11 heteroatoms. The lowest BCUT2D eigenvalue weighted by Crippen LogP contribution is -2.39. The normalized spacial score (nSPS) is 16.9. The average Bonchev–Trinajstić information content (AvgIpc) is 3.17. The van der Waals surface area contributed by atoms with Crippen LogP contribution in [0.1, 0.15) is 22.3 Å². The molecule has 1 fully saturated rings. The number of halogens is 4. The Bertz CT molecular complexity index is 1320. The van der Waals surface area contributed by atoms with Gasteiger partial charge in [-0.3, -0.25) is 24.0 Å². The molecule has 1 aromatic heterocycles. The van der Waals surface area contributed by atoms with Gasteiger partial charge in [-0.05, 0) is 36.2 Å². The molecule has 1 aliphatic heterocycles. The number of nitrogens with zero attached hydrogens (tertiary/aromatic N) is 2. The molecule has 1 amide bonds. The van der Waals surface area contributed by atoms with Gasteiger partial charge >= 0.3 is 11.9 Å². The lowest BCUT2D eigenvalue weighted by Gasteiger charge is -2.18. The quantitative estimate of drug-likeness (QED) is 0.567. The SMILES string of the molecule is O=C(NC1CCN(CC(F)(F)F)C1)c1cc(Cn2c(=O)[nH]c(=O)c3ccccc32)ccc1F. The maximum atomic E-state index is 14.4. The van der Waals surface area contributed by atoms with E-state index < -0.39 is 41.7 Å². The Morgan fingerprint density at radius 1 is 1.15 bits per heavy atom. The molecule has 1 saturated heterocycles. The number of aromatic nitrogens is 2. The number of para-hydroxylation sites is 1. The van der Waals surface area contributed by atoms with E-state index >= 15 is 0 Å². The molecule has 0 saturated carbocycles. The first-order valence-electron chi connectivity index (χ1n) is 10.2. The summed E-state index contributed by atoms with van der Waals surface area (Å²) in [5.74, 6) is -1.54. The van der Waals surface area contributed by atoms with Crippen LogP contribution in [0, 0.1) is 5.82 Å². The summed E-state index contributed by atoms with van der Waals surface area (Å²) in [6, 6.07) is 9.77. The van der Waals surface area contributed by atoms with E-state index in [1.54, 1.807) is 24.3 Å². The fourth-order valence-corrected chi connectivity index (χ4v) is 4.04. The van der Waals surface area contributed by atoms with Crippen LogP contribution in [0.5, 0.6) is 0 Å². The minimum absolute atomic E-state index is 0.0192. The van der Waals surface area contributed by atoms with Gasteiger partial charge in [0.05, 0.1) is 29.6 Å². The van der Waals surface area contributed by atoms with Crippen molar-refractivity contribution < 1.29 is 22.4 Å². The number of H-pyrrole nitrogens is 1. The monoisotopic (exact) mass is 464 g/mol. The molecule has 0 radical (unpaired) electrons. The fraction of sp³-hybridized carbons (Fsp3) is 0.318. The van der Waals surface area contributed by atoms with Crippen LogP contribution in [-0.4, -0.2) is 52.2 Å². The summed E-state index contributed by atoms with van der Waals surface area (Å²) in [5.41, 5.74) is -0.626. The Hall–Kier alpha value is -3.47. The summed E-state index contributed by atoms with van der Waals surface area (Å²) in [6.45, 7) is -0.898. The molecule has 33 heavy (non-hydrogen) atoms. The second kappa shape index (κ2) is 8.81. The van der Waals surface area contributed by atoms with Crippen LogP contribution in [0.2, 0.25) is 0 Å². The maximum absolute atomic E-state index is 14.4. The summed E-state index contributed by atoms with van der Waals surface area (Å²) in [5, 5.41) is 2.89. The minimum atomic E-state index is -4.33. The van der Waals surface area contributed by atoms with Crippen molar-refractivity contribution in [3.63, 3.8) is 0 Å². The van der Waals surface area contributed by atoms with Gasteiger partial charge in [0.25, 0.3) is 11.5 Å². The van der Waals surface area contributed by atoms with Crippen molar-refractivity contribution in [2.45, 2.75) is 25.2 Å². The summed E-state index contributed by atoms with van der Waals surface area (Å²) in [7, 11) is 0. The number of carbonyl (C=O) groups is 1. The third-order valence-electron chi connectivity index (χ3n) is 5.53. The predicted molar refractivity (Wildman–Crippen MR) is 113 cm³/mol. The Balaban J connectivity index is 1.54. The zero-order valence-corrected chi connectivity index (χ0v) is 17.3. The van der Waals surface area contributed by atoms with Gasteiger partial charge in [0, 0.05) is 19.1 Å². The molecule has 0 spiro atoms. The third-order valence-corrected chi connectivity index (χ3v) is 5.53. The Labute approximate surface area is 184 Å². The summed E-state index contributed by atoms with van der Waals surface area (Å²) in [6.07, 6.45) is -4.01. The van der Waals surface area contributed by atoms with E-state index in [0.29, 0.717) is 22.9 Å². The van der Waals surface area contributed by atoms with Crippen molar-refractivity contribution >= 4 is 16.8 Å². The van der Waals surface area contributed by atoms with Gasteiger partial charge in [0.15, 0.2) is 0 Å². The van der Waals surface area contributed by atoms with Crippen molar-refractivity contribution in [2.75, 3.05) is 19.6 Å². The topological polar surface area (TPSA) is 87.2 Å². The molecule has 174 valence electrons. The van der Waals surface area contributed by atoms with Gasteiger partial charge in [-0.2, -0.15) is 13.2 Å². The first-order chi connectivity index (χ1) is 15.6. The predicted octanol–water partition coefficient (Wildman–Crippen LogP) is 2.24. The number of hydrogen-bond acceptors (Lipinski definition) is 4. The van der Waals surface area contributed by atoms with Crippen molar-refractivity contribution in [1.29, 1.82) is 0 Å². The van der Waals surface area contributed by atoms with Gasteiger partial charge in [0.2, 0.25) is 0 Å². The number of hydrogen-bond donors (Lipinski definition) is 2. The van der Waals surface area contributed by atoms with E-state index in [4.69, 9.17) is 0 Å². The van der Waals surface area contributed by atoms with Crippen molar-refractivity contribution in [3.8, 4) is 0 Å². The molecular weight excluding hydrogens is 444 g/mol. The highest BCUT2D eigenvalue weighted by atomic mass is 19.4. The number of fused-ring (bicyclic) bond motifs is 1. The van der Waals surface area contributed by atoms with Gasteiger partial charge in [-0.15, -0.1) is 0 Å². The summed E-state index contributed by atoms with van der Waals surface area (Å²) >= 11 is 0. The number of carbonyl (C=O) groups excluding carboxylic acids is 1. The zero-order valence-electron chi connectivity index (χ0n) is 17.3. The molecule has 7 nitrogen and oxygen atoms in total. The standard InChI is InChI=1S/C22H20F4N4O3/c23-17-6-5-13(10-30-18-4-2-1-3-15(18)19(31)28-21(30)33)9-16(17)20(32)27-14-7-8-29(11-14)12-22(24,25)26/h1-6,9,14H,7-8,10-12H2,(H,27,32)(H,28,31,33). The van der Waals surface area contributed by atoms with E-state index in [2.05, 4.69) is 10.3 Å². The van der Waals surface area contributed by atoms with Gasteiger partial charge < -0.3 is 5.32 Å². The number of rotatable bonds is 5. The second-order valence-electron chi connectivity index (χ2n) is 7.99. The van der Waals surface area contributed by atoms with Gasteiger partial charge in [0.1, 0.15) is 5.82 Å². The highest BCUT2D eigenvalue weighted by molar-refractivity contribution is 5.95. The van der Waals surface area contributed by atoms with Crippen molar-refractivity contribution in [2.24, 2.45) is 0 Å². The molecular formula is C22H20F4N4O3. The molecule has 4 rings (SSSR count). The van der Waals surface area contributed by atoms with E-state index in [-0.39, 0.29) is 25.2 Å². The first-order valence-corrected chi connectivity index (χ1v) is 10.2. The van der Waals surface area contributed by atoms with Crippen molar-refractivity contribution in [3.05, 3.63) is 80.2 Å². The van der Waals surface area contributed by atoms with E-state index in [1.807, 2.05) is 0 Å². The van der Waals surface area contributed by atoms with Gasteiger partial charge in [-0.1, -0.05) is 18.2 Å². The zero-order chi connectivity index (χ0) is 23.8. The van der Waals surface area contributed by atoms with E-state index in [0.717, 1.165) is 6.07 Å². The van der Waals surface area contributed by atoms with Crippen LogP contribution < -0.4 is 16.6 Å². The molecule has 1 unspecified atom stereocenters. The van der Waals surface area contributed by atoms with Crippen LogP contribution in [0.4, 0.5) is 17.6 Å². The Morgan fingerprint density at radius 3 is 2.67 bits per heavy atom. The molecule has 2 aromatic carbocycles. The third kappa shape index (κ3) is 5.14. The number of nitrogens with one attached hydrogen (secondary N) is 2. The Kier molecular flexibility index (Phi) is 6.07. The molecule has 0 bridgehead atoms. The number of benzene rings is 2. The molecule has 0 aliphatic carbocycles. The fourth-order valence-electron chi connectivity index (χ4n) is 4.04. The molecule has 2 heterocycles.